The summed E-state index contributed by atoms with van der Waals surface area (Å²) in [5, 5.41) is 6.87. The molecule has 1 aliphatic heterocycles. The Morgan fingerprint density at radius 2 is 1.79 bits per heavy atom. The zero-order valence-corrected chi connectivity index (χ0v) is 14.3. The van der Waals surface area contributed by atoms with E-state index in [4.69, 9.17) is 4.74 Å². The molecule has 1 rings (SSSR count). The fourth-order valence-corrected chi connectivity index (χ4v) is 1.89. The molecule has 134 valence electrons. The van der Waals surface area contributed by atoms with E-state index in [2.05, 4.69) is 10.6 Å². The van der Waals surface area contributed by atoms with Crippen LogP contribution in [0.2, 0.25) is 0 Å². The Labute approximate surface area is 139 Å². The van der Waals surface area contributed by atoms with E-state index >= 15 is 0 Å². The second-order valence-electron chi connectivity index (χ2n) is 6.20. The second kappa shape index (κ2) is 7.28. The lowest BCUT2D eigenvalue weighted by molar-refractivity contribution is -0.156. The van der Waals surface area contributed by atoms with Gasteiger partial charge in [-0.15, -0.1) is 0 Å². The first-order valence-electron chi connectivity index (χ1n) is 7.39. The van der Waals surface area contributed by atoms with Crippen molar-refractivity contribution in [3.8, 4) is 0 Å². The van der Waals surface area contributed by atoms with E-state index in [1.165, 1.54) is 20.8 Å². The van der Waals surface area contributed by atoms with Crippen LogP contribution in [0.5, 0.6) is 0 Å². The third kappa shape index (κ3) is 4.93. The summed E-state index contributed by atoms with van der Waals surface area (Å²) in [5.74, 6) is -2.33. The van der Waals surface area contributed by atoms with Gasteiger partial charge in [-0.05, 0) is 34.6 Å². The third-order valence-electron chi connectivity index (χ3n) is 3.07. The summed E-state index contributed by atoms with van der Waals surface area (Å²) in [7, 11) is 0. The molecule has 24 heavy (non-hydrogen) atoms. The quantitative estimate of drug-likeness (QED) is 0.455. The maximum atomic E-state index is 11.9. The van der Waals surface area contributed by atoms with Gasteiger partial charge in [-0.1, -0.05) is 0 Å². The van der Waals surface area contributed by atoms with Crippen LogP contribution in [-0.4, -0.2) is 59.0 Å². The Morgan fingerprint density at radius 1 is 1.21 bits per heavy atom. The molecule has 10 nitrogen and oxygen atoms in total. The minimum absolute atomic E-state index is 0.168. The number of ether oxygens (including phenoxy) is 1. The number of rotatable bonds is 5. The average molecular weight is 342 g/mol. The molecule has 10 heteroatoms. The number of esters is 1. The van der Waals surface area contributed by atoms with Crippen LogP contribution in [0.3, 0.4) is 0 Å². The number of carbonyl (C=O) groups is 5. The molecule has 0 bridgehead atoms. The van der Waals surface area contributed by atoms with Gasteiger partial charge >= 0.3 is 18.0 Å². The van der Waals surface area contributed by atoms with E-state index in [9.17, 15) is 24.0 Å². The second-order valence-corrected chi connectivity index (χ2v) is 6.20. The normalized spacial score (nSPS) is 17.3. The zero-order chi connectivity index (χ0) is 18.7. The van der Waals surface area contributed by atoms with Gasteiger partial charge in [0.15, 0.2) is 6.10 Å². The lowest BCUT2D eigenvalue weighted by Gasteiger charge is -2.17. The van der Waals surface area contributed by atoms with E-state index in [1.807, 2.05) is 5.32 Å². The maximum absolute atomic E-state index is 11.9. The summed E-state index contributed by atoms with van der Waals surface area (Å²) in [6.07, 6.45) is -1.26. The maximum Gasteiger partial charge on any atom is 0.327 e. The van der Waals surface area contributed by atoms with Gasteiger partial charge in [-0.2, -0.15) is 0 Å². The molecule has 0 aromatic heterocycles. The van der Waals surface area contributed by atoms with Gasteiger partial charge in [0.05, 0.1) is 0 Å². The monoisotopic (exact) mass is 342 g/mol. The first kappa shape index (κ1) is 19.4. The van der Waals surface area contributed by atoms with Crippen LogP contribution in [0.25, 0.3) is 0 Å². The van der Waals surface area contributed by atoms with Crippen molar-refractivity contribution in [3.05, 3.63) is 0 Å². The molecule has 1 aliphatic rings. The van der Waals surface area contributed by atoms with E-state index in [-0.39, 0.29) is 6.04 Å². The van der Waals surface area contributed by atoms with Gasteiger partial charge < -0.3 is 15.4 Å². The summed E-state index contributed by atoms with van der Waals surface area (Å²) in [6.45, 7) is 7.08. The number of nitrogens with one attached hydrogen (secondary N) is 3. The minimum Gasteiger partial charge on any atom is -0.451 e. The molecule has 1 heterocycles. The number of urea groups is 2. The van der Waals surface area contributed by atoms with Crippen LogP contribution in [0.1, 0.15) is 34.6 Å². The van der Waals surface area contributed by atoms with Crippen molar-refractivity contribution in [3.63, 3.8) is 0 Å². The molecule has 1 unspecified atom stereocenters. The average Bonchev–Trinajstić information content (AvgIpc) is 2.59. The summed E-state index contributed by atoms with van der Waals surface area (Å²) in [6, 6.07) is -1.59. The summed E-state index contributed by atoms with van der Waals surface area (Å²) in [4.78, 5) is 59.2. The van der Waals surface area contributed by atoms with Crippen LogP contribution < -0.4 is 16.0 Å². The third-order valence-corrected chi connectivity index (χ3v) is 3.07. The largest absolute Gasteiger partial charge is 0.451 e. The summed E-state index contributed by atoms with van der Waals surface area (Å²) in [5.41, 5.74) is -1.10. The number of amides is 6. The first-order chi connectivity index (χ1) is 10.9. The van der Waals surface area contributed by atoms with Crippen LogP contribution in [0.4, 0.5) is 9.59 Å². The van der Waals surface area contributed by atoms with Crippen LogP contribution in [0.15, 0.2) is 0 Å². The molecule has 0 aromatic rings. The highest BCUT2D eigenvalue weighted by Gasteiger charge is 2.45. The number of carbonyl (C=O) groups excluding carboxylic acids is 5. The van der Waals surface area contributed by atoms with Crippen molar-refractivity contribution in [1.29, 1.82) is 0 Å². The van der Waals surface area contributed by atoms with Crippen molar-refractivity contribution in [1.82, 2.24) is 20.9 Å². The van der Waals surface area contributed by atoms with Crippen molar-refractivity contribution in [2.24, 2.45) is 0 Å². The molecule has 0 radical (unpaired) electrons. The van der Waals surface area contributed by atoms with Crippen molar-refractivity contribution in [2.45, 2.75) is 52.3 Å². The van der Waals surface area contributed by atoms with E-state index in [0.717, 1.165) is 0 Å². The number of imide groups is 2. The Morgan fingerprint density at radius 3 is 2.25 bits per heavy atom. The Hall–Kier alpha value is -2.65. The summed E-state index contributed by atoms with van der Waals surface area (Å²) >= 11 is 0. The highest BCUT2D eigenvalue weighted by Crippen LogP contribution is 2.16. The van der Waals surface area contributed by atoms with E-state index in [0.29, 0.717) is 4.90 Å². The van der Waals surface area contributed by atoms with E-state index < -0.39 is 48.0 Å². The molecule has 0 saturated carbocycles. The molecule has 1 atom stereocenters. The lowest BCUT2D eigenvalue weighted by Crippen LogP contribution is -2.47. The fraction of sp³-hybridized carbons (Fsp3) is 0.643. The van der Waals surface area contributed by atoms with Crippen molar-refractivity contribution in [2.75, 3.05) is 6.54 Å². The summed E-state index contributed by atoms with van der Waals surface area (Å²) < 4.78 is 4.84. The van der Waals surface area contributed by atoms with Crippen molar-refractivity contribution >= 4 is 29.8 Å². The van der Waals surface area contributed by atoms with Gasteiger partial charge in [-0.3, -0.25) is 24.6 Å². The molecule has 1 fully saturated rings. The lowest BCUT2D eigenvalue weighted by atomic mass is 10.1. The minimum atomic E-state index is -1.26. The van der Waals surface area contributed by atoms with Crippen LogP contribution >= 0.6 is 0 Å². The van der Waals surface area contributed by atoms with Gasteiger partial charge in [-0.25, -0.2) is 9.59 Å². The van der Waals surface area contributed by atoms with Crippen LogP contribution in [0, 0.1) is 0 Å². The van der Waals surface area contributed by atoms with E-state index in [1.54, 1.807) is 13.8 Å². The van der Waals surface area contributed by atoms with Crippen LogP contribution in [-0.2, 0) is 19.1 Å². The molecule has 0 aliphatic carbocycles. The smallest absolute Gasteiger partial charge is 0.327 e. The fourth-order valence-electron chi connectivity index (χ4n) is 1.89. The molecule has 0 aromatic carbocycles. The zero-order valence-electron chi connectivity index (χ0n) is 14.3. The Bertz CT molecular complexity index is 572. The highest BCUT2D eigenvalue weighted by molar-refractivity contribution is 6.08. The predicted molar refractivity (Wildman–Crippen MR) is 81.7 cm³/mol. The molecular weight excluding hydrogens is 320 g/mol. The molecule has 1 saturated heterocycles. The van der Waals surface area contributed by atoms with Gasteiger partial charge in [0.25, 0.3) is 11.8 Å². The standard InChI is InChI=1S/C14H22N4O6/c1-7(2)15-12(22)16-10(20)8(3)24-9(19)6-18-11(21)14(4,5)17-13(18)23/h7-8H,6H2,1-5H3,(H,17,23)(H2,15,16,20,22). The predicted octanol–water partition coefficient (Wildman–Crippen LogP) is -0.517. The molecular formula is C14H22N4O6. The number of hydrogen-bond donors (Lipinski definition) is 3. The SMILES string of the molecule is CC(C)NC(=O)NC(=O)C(C)OC(=O)CN1C(=O)NC(C)(C)C1=O. The molecule has 0 spiro atoms. The topological polar surface area (TPSA) is 134 Å². The number of hydrogen-bond acceptors (Lipinski definition) is 6. The molecule has 3 N–H and O–H groups in total. The number of nitrogens with zero attached hydrogens (tertiary/aromatic N) is 1. The van der Waals surface area contributed by atoms with Gasteiger partial charge in [0, 0.05) is 6.04 Å². The van der Waals surface area contributed by atoms with Gasteiger partial charge in [0.2, 0.25) is 0 Å². The van der Waals surface area contributed by atoms with Crippen molar-refractivity contribution < 1.29 is 28.7 Å². The first-order valence-corrected chi connectivity index (χ1v) is 7.39. The van der Waals surface area contributed by atoms with Gasteiger partial charge in [0.1, 0.15) is 12.1 Å². The molecule has 6 amide bonds. The Kier molecular flexibility index (Phi) is 5.88. The Balaban J connectivity index is 2.53. The highest BCUT2D eigenvalue weighted by atomic mass is 16.5.